The van der Waals surface area contributed by atoms with Crippen LogP contribution in [-0.4, -0.2) is 28.0 Å². The molecule has 1 aliphatic heterocycles. The summed E-state index contributed by atoms with van der Waals surface area (Å²) in [5.74, 6) is 0.331. The fourth-order valence-electron chi connectivity index (χ4n) is 3.98. The summed E-state index contributed by atoms with van der Waals surface area (Å²) in [6.07, 6.45) is 5.56. The Kier molecular flexibility index (Phi) is 5.00. The predicted molar refractivity (Wildman–Crippen MR) is 103 cm³/mol. The third-order valence-electron chi connectivity index (χ3n) is 5.34. The zero-order valence-corrected chi connectivity index (χ0v) is 15.3. The minimum atomic E-state index is -0.206. The smallest absolute Gasteiger partial charge is 0.137 e. The molecule has 1 fully saturated rings. The van der Waals surface area contributed by atoms with Crippen molar-refractivity contribution in [2.75, 3.05) is 13.1 Å². The molecule has 3 aromatic rings. The van der Waals surface area contributed by atoms with Crippen LogP contribution in [0.1, 0.15) is 30.0 Å². The number of aromatic nitrogens is 2. The number of hydrogen-bond donors (Lipinski definition) is 2. The number of rotatable bonds is 5. The molecular weight excluding hydrogens is 346 g/mol. The van der Waals surface area contributed by atoms with Gasteiger partial charge in [0.25, 0.3) is 0 Å². The van der Waals surface area contributed by atoms with Gasteiger partial charge in [0, 0.05) is 29.9 Å². The first-order chi connectivity index (χ1) is 12.8. The molecule has 1 aliphatic rings. The lowest BCUT2D eigenvalue weighted by molar-refractivity contribution is 0.161. The maximum Gasteiger partial charge on any atom is 0.137 e. The van der Waals surface area contributed by atoms with Crippen LogP contribution in [0, 0.1) is 11.4 Å². The van der Waals surface area contributed by atoms with Gasteiger partial charge in [-0.3, -0.25) is 4.90 Å². The van der Waals surface area contributed by atoms with E-state index in [4.69, 9.17) is 17.1 Å². The summed E-state index contributed by atoms with van der Waals surface area (Å²) in [5, 5.41) is 5.57. The van der Waals surface area contributed by atoms with Crippen molar-refractivity contribution in [2.24, 2.45) is 11.0 Å². The van der Waals surface area contributed by atoms with E-state index in [1.807, 2.05) is 12.3 Å². The van der Waals surface area contributed by atoms with Crippen molar-refractivity contribution in [3.05, 3.63) is 64.9 Å². The number of H-pyrrole nitrogens is 1. The van der Waals surface area contributed by atoms with Gasteiger partial charge in [0.15, 0.2) is 0 Å². The number of benzene rings is 1. The molecule has 2 aromatic heterocycles. The molecule has 0 spiro atoms. The number of piperidine rings is 1. The zero-order chi connectivity index (χ0) is 17.9. The van der Waals surface area contributed by atoms with Gasteiger partial charge in [-0.1, -0.05) is 41.9 Å². The highest BCUT2D eigenvalue weighted by Crippen LogP contribution is 2.40. The second-order valence-electron chi connectivity index (χ2n) is 6.93. The SMILES string of the molecule is N=NC(c1c(Cl)cnc2[nH]ccc12)C1CCN(Cc2ccccc2)CC1. The summed E-state index contributed by atoms with van der Waals surface area (Å²) in [6, 6.07) is 12.3. The van der Waals surface area contributed by atoms with Crippen LogP contribution in [0.2, 0.25) is 5.02 Å². The van der Waals surface area contributed by atoms with Crippen molar-refractivity contribution in [1.29, 1.82) is 5.53 Å². The Morgan fingerprint density at radius 3 is 2.73 bits per heavy atom. The largest absolute Gasteiger partial charge is 0.346 e. The third kappa shape index (κ3) is 3.37. The molecule has 0 saturated carbocycles. The van der Waals surface area contributed by atoms with Crippen LogP contribution in [0.15, 0.2) is 53.9 Å². The van der Waals surface area contributed by atoms with E-state index in [9.17, 15) is 0 Å². The fraction of sp³-hybridized carbons (Fsp3) is 0.350. The zero-order valence-electron chi connectivity index (χ0n) is 14.5. The van der Waals surface area contributed by atoms with Crippen LogP contribution >= 0.6 is 11.6 Å². The van der Waals surface area contributed by atoms with Crippen molar-refractivity contribution in [1.82, 2.24) is 14.9 Å². The number of nitrogens with one attached hydrogen (secondary N) is 2. The summed E-state index contributed by atoms with van der Waals surface area (Å²) in [4.78, 5) is 9.93. The Bertz CT molecular complexity index is 884. The average Bonchev–Trinajstić information content (AvgIpc) is 3.15. The Labute approximate surface area is 157 Å². The van der Waals surface area contributed by atoms with Gasteiger partial charge in [-0.2, -0.15) is 5.11 Å². The molecule has 0 bridgehead atoms. The monoisotopic (exact) mass is 367 g/mol. The molecule has 134 valence electrons. The summed E-state index contributed by atoms with van der Waals surface area (Å²) < 4.78 is 0. The van der Waals surface area contributed by atoms with Gasteiger partial charge >= 0.3 is 0 Å². The molecule has 4 rings (SSSR count). The summed E-state index contributed by atoms with van der Waals surface area (Å²) >= 11 is 6.46. The second kappa shape index (κ2) is 7.56. The summed E-state index contributed by atoms with van der Waals surface area (Å²) in [5.41, 5.74) is 10.9. The normalized spacial score (nSPS) is 17.4. The van der Waals surface area contributed by atoms with Crippen LogP contribution in [-0.2, 0) is 6.54 Å². The van der Waals surface area contributed by atoms with Crippen LogP contribution in [0.4, 0.5) is 0 Å². The summed E-state index contributed by atoms with van der Waals surface area (Å²) in [7, 11) is 0. The first-order valence-electron chi connectivity index (χ1n) is 9.00. The predicted octanol–water partition coefficient (Wildman–Crippen LogP) is 5.20. The number of aromatic amines is 1. The van der Waals surface area contributed by atoms with E-state index in [0.29, 0.717) is 10.9 Å². The molecule has 26 heavy (non-hydrogen) atoms. The van der Waals surface area contributed by atoms with Gasteiger partial charge < -0.3 is 4.98 Å². The fourth-order valence-corrected chi connectivity index (χ4v) is 4.24. The van der Waals surface area contributed by atoms with Crippen LogP contribution in [0.25, 0.3) is 11.0 Å². The van der Waals surface area contributed by atoms with Crippen molar-refractivity contribution in [3.8, 4) is 0 Å². The molecule has 0 radical (unpaired) electrons. The molecule has 1 aromatic carbocycles. The molecule has 3 heterocycles. The van der Waals surface area contributed by atoms with E-state index in [1.54, 1.807) is 6.20 Å². The first-order valence-corrected chi connectivity index (χ1v) is 9.38. The Morgan fingerprint density at radius 1 is 1.23 bits per heavy atom. The van der Waals surface area contributed by atoms with E-state index >= 15 is 0 Å². The minimum Gasteiger partial charge on any atom is -0.346 e. The van der Waals surface area contributed by atoms with Gasteiger partial charge in [-0.25, -0.2) is 10.5 Å². The van der Waals surface area contributed by atoms with E-state index in [-0.39, 0.29) is 6.04 Å². The summed E-state index contributed by atoms with van der Waals surface area (Å²) in [6.45, 7) is 3.02. The number of likely N-dealkylation sites (tertiary alicyclic amines) is 1. The average molecular weight is 368 g/mol. The van der Waals surface area contributed by atoms with E-state index in [2.05, 4.69) is 50.3 Å². The lowest BCUT2D eigenvalue weighted by atomic mass is 9.85. The van der Waals surface area contributed by atoms with Gasteiger partial charge in [0.05, 0.1) is 5.02 Å². The quantitative estimate of drug-likeness (QED) is 0.608. The molecule has 1 atom stereocenters. The van der Waals surface area contributed by atoms with Gasteiger partial charge in [-0.15, -0.1) is 0 Å². The Morgan fingerprint density at radius 2 is 2.00 bits per heavy atom. The van der Waals surface area contributed by atoms with Gasteiger partial charge in [0.1, 0.15) is 11.7 Å². The molecule has 2 N–H and O–H groups in total. The van der Waals surface area contributed by atoms with Crippen LogP contribution in [0.3, 0.4) is 0 Å². The topological polar surface area (TPSA) is 68.1 Å². The highest BCUT2D eigenvalue weighted by molar-refractivity contribution is 6.32. The van der Waals surface area contributed by atoms with E-state index < -0.39 is 0 Å². The standard InChI is InChI=1S/C20H22ClN5/c21-17-12-24-20-16(6-9-23-20)18(17)19(25-22)15-7-10-26(11-8-15)13-14-4-2-1-3-5-14/h1-6,9,12,15,19,22H,7-8,10-11,13H2,(H,23,24). The Hall–Kier alpha value is -2.24. The lowest BCUT2D eigenvalue weighted by Gasteiger charge is -2.34. The maximum absolute atomic E-state index is 7.81. The Balaban J connectivity index is 1.49. The number of fused-ring (bicyclic) bond motifs is 1. The highest BCUT2D eigenvalue weighted by atomic mass is 35.5. The van der Waals surface area contributed by atoms with Crippen molar-refractivity contribution >= 4 is 22.6 Å². The second-order valence-corrected chi connectivity index (χ2v) is 7.34. The van der Waals surface area contributed by atoms with Crippen molar-refractivity contribution in [3.63, 3.8) is 0 Å². The number of halogens is 1. The van der Waals surface area contributed by atoms with E-state index in [1.165, 1.54) is 5.56 Å². The lowest BCUT2D eigenvalue weighted by Crippen LogP contribution is -2.35. The molecule has 6 heteroatoms. The maximum atomic E-state index is 7.81. The van der Waals surface area contributed by atoms with E-state index in [0.717, 1.165) is 49.1 Å². The third-order valence-corrected chi connectivity index (χ3v) is 5.64. The van der Waals surface area contributed by atoms with Crippen molar-refractivity contribution < 1.29 is 0 Å². The minimum absolute atomic E-state index is 0.206. The number of nitrogens with zero attached hydrogens (tertiary/aromatic N) is 3. The number of hydrogen-bond acceptors (Lipinski definition) is 4. The van der Waals surface area contributed by atoms with Gasteiger partial charge in [-0.05, 0) is 43.5 Å². The molecule has 0 aliphatic carbocycles. The van der Waals surface area contributed by atoms with Crippen LogP contribution in [0.5, 0.6) is 0 Å². The first kappa shape index (κ1) is 17.2. The molecule has 0 amide bonds. The van der Waals surface area contributed by atoms with Gasteiger partial charge in [0.2, 0.25) is 0 Å². The molecule has 5 nitrogen and oxygen atoms in total. The molecular formula is C20H22ClN5. The van der Waals surface area contributed by atoms with Crippen molar-refractivity contribution in [2.45, 2.75) is 25.4 Å². The molecule has 1 saturated heterocycles. The van der Waals surface area contributed by atoms with Crippen LogP contribution < -0.4 is 0 Å². The number of pyridine rings is 1. The highest BCUT2D eigenvalue weighted by Gasteiger charge is 2.30. The molecule has 1 unspecified atom stereocenters.